The van der Waals surface area contributed by atoms with E-state index in [-0.39, 0.29) is 12.5 Å². The first-order valence-electron chi connectivity index (χ1n) is 12.7. The number of aryl methyl sites for hydroxylation is 1. The fraction of sp³-hybridized carbons (Fsp3) is 0.444. The van der Waals surface area contributed by atoms with Crippen molar-refractivity contribution < 1.29 is 10.2 Å². The van der Waals surface area contributed by atoms with Crippen molar-refractivity contribution >= 4 is 29.4 Å². The zero-order valence-corrected chi connectivity index (χ0v) is 22.3. The largest absolute Gasteiger partial charge is 0.508 e. The number of aromatic hydroxyl groups is 1. The Kier molecular flexibility index (Phi) is 9.38. The van der Waals surface area contributed by atoms with Crippen LogP contribution in [0.5, 0.6) is 5.75 Å². The van der Waals surface area contributed by atoms with Crippen LogP contribution in [-0.4, -0.2) is 90.2 Å². The molecule has 2 N–H and O–H groups in total. The van der Waals surface area contributed by atoms with Crippen LogP contribution in [0.1, 0.15) is 17.5 Å². The van der Waals surface area contributed by atoms with Crippen LogP contribution in [0.3, 0.4) is 0 Å². The molecule has 37 heavy (non-hydrogen) atoms. The smallest absolute Gasteiger partial charge is 0.232 e. The van der Waals surface area contributed by atoms with Crippen LogP contribution in [-0.2, 0) is 12.8 Å². The van der Waals surface area contributed by atoms with Crippen LogP contribution in [0.15, 0.2) is 48.5 Å². The summed E-state index contributed by atoms with van der Waals surface area (Å²) in [4.78, 5) is 22.8. The van der Waals surface area contributed by atoms with Crippen LogP contribution < -0.4 is 14.7 Å². The number of aromatic nitrogens is 3. The lowest BCUT2D eigenvalue weighted by Crippen LogP contribution is -2.47. The summed E-state index contributed by atoms with van der Waals surface area (Å²) in [6.45, 7) is 4.63. The predicted molar refractivity (Wildman–Crippen MR) is 149 cm³/mol. The van der Waals surface area contributed by atoms with Gasteiger partial charge in [0.2, 0.25) is 17.8 Å². The highest BCUT2D eigenvalue weighted by Crippen LogP contribution is 2.21. The highest BCUT2D eigenvalue weighted by atomic mass is 35.5. The van der Waals surface area contributed by atoms with Crippen molar-refractivity contribution in [3.8, 4) is 5.75 Å². The van der Waals surface area contributed by atoms with Crippen molar-refractivity contribution in [1.29, 1.82) is 0 Å². The number of rotatable bonds is 11. The predicted octanol–water partition coefficient (Wildman–Crippen LogP) is 3.05. The zero-order chi connectivity index (χ0) is 26.2. The van der Waals surface area contributed by atoms with E-state index in [2.05, 4.69) is 21.9 Å². The van der Waals surface area contributed by atoms with E-state index < -0.39 is 0 Å². The molecule has 1 fully saturated rings. The first kappa shape index (κ1) is 26.9. The average Bonchev–Trinajstić information content (AvgIpc) is 2.93. The van der Waals surface area contributed by atoms with Crippen LogP contribution in [0.2, 0.25) is 5.02 Å². The number of likely N-dealkylation sites (N-methyl/N-ethyl adjacent to an activating group) is 1. The molecule has 9 nitrogen and oxygen atoms in total. The van der Waals surface area contributed by atoms with Crippen molar-refractivity contribution in [3.63, 3.8) is 0 Å². The number of aliphatic hydroxyl groups is 1. The Labute approximate surface area is 224 Å². The van der Waals surface area contributed by atoms with Crippen LogP contribution in [0.25, 0.3) is 0 Å². The number of benzene rings is 2. The molecule has 4 rings (SSSR count). The van der Waals surface area contributed by atoms with Crippen LogP contribution in [0.4, 0.5) is 17.8 Å². The van der Waals surface area contributed by atoms with Crippen LogP contribution in [0, 0.1) is 0 Å². The van der Waals surface area contributed by atoms with Gasteiger partial charge >= 0.3 is 0 Å². The minimum atomic E-state index is 0.0674. The second-order valence-electron chi connectivity index (χ2n) is 9.47. The van der Waals surface area contributed by atoms with Gasteiger partial charge in [-0.15, -0.1) is 0 Å². The molecule has 0 saturated carbocycles. The zero-order valence-electron chi connectivity index (χ0n) is 21.6. The molecule has 1 aliphatic rings. The topological polar surface area (TPSA) is 92.1 Å². The third-order valence-electron chi connectivity index (χ3n) is 6.68. The van der Waals surface area contributed by atoms with Gasteiger partial charge in [-0.05, 0) is 54.7 Å². The molecule has 0 bridgehead atoms. The Morgan fingerprint density at radius 2 is 1.35 bits per heavy atom. The molecule has 0 atom stereocenters. The van der Waals surface area contributed by atoms with Crippen molar-refractivity contribution in [3.05, 3.63) is 64.7 Å². The molecule has 1 aromatic heterocycles. The lowest BCUT2D eigenvalue weighted by molar-refractivity contribution is 0.101. The Morgan fingerprint density at radius 3 is 1.97 bits per heavy atom. The molecule has 10 heteroatoms. The third kappa shape index (κ3) is 7.67. The molecule has 2 heterocycles. The minimum Gasteiger partial charge on any atom is -0.508 e. The van der Waals surface area contributed by atoms with Gasteiger partial charge in [0.25, 0.3) is 0 Å². The molecule has 0 amide bonds. The second kappa shape index (κ2) is 12.9. The van der Waals surface area contributed by atoms with Gasteiger partial charge in [-0.25, -0.2) is 0 Å². The molecule has 1 saturated heterocycles. The maximum absolute atomic E-state index is 9.55. The van der Waals surface area contributed by atoms with E-state index in [1.807, 2.05) is 48.2 Å². The van der Waals surface area contributed by atoms with Crippen molar-refractivity contribution in [2.24, 2.45) is 0 Å². The Morgan fingerprint density at radius 1 is 0.784 bits per heavy atom. The second-order valence-corrected chi connectivity index (χ2v) is 9.91. The van der Waals surface area contributed by atoms with E-state index in [1.165, 1.54) is 5.56 Å². The Bertz CT molecular complexity index is 1120. The quantitative estimate of drug-likeness (QED) is 0.392. The number of nitrogens with zero attached hydrogens (tertiary/aromatic N) is 7. The number of hydrogen-bond acceptors (Lipinski definition) is 9. The summed E-state index contributed by atoms with van der Waals surface area (Å²) in [5.41, 5.74) is 2.39. The van der Waals surface area contributed by atoms with E-state index in [4.69, 9.17) is 26.6 Å². The van der Waals surface area contributed by atoms with Gasteiger partial charge in [0.15, 0.2) is 0 Å². The fourth-order valence-electron chi connectivity index (χ4n) is 4.25. The van der Waals surface area contributed by atoms with Crippen molar-refractivity contribution in [1.82, 2.24) is 19.9 Å². The maximum atomic E-state index is 9.55. The maximum Gasteiger partial charge on any atom is 0.232 e. The summed E-state index contributed by atoms with van der Waals surface area (Å²) in [5, 5.41) is 19.8. The molecule has 3 aromatic rings. The van der Waals surface area contributed by atoms with E-state index in [9.17, 15) is 10.2 Å². The number of phenols is 1. The van der Waals surface area contributed by atoms with E-state index in [0.29, 0.717) is 17.8 Å². The summed E-state index contributed by atoms with van der Waals surface area (Å²) in [5.74, 6) is 2.22. The minimum absolute atomic E-state index is 0.0674. The molecule has 0 spiro atoms. The summed E-state index contributed by atoms with van der Waals surface area (Å²) < 4.78 is 0. The van der Waals surface area contributed by atoms with Crippen LogP contribution >= 0.6 is 11.6 Å². The normalized spacial score (nSPS) is 14.1. The SMILES string of the molecule is CN(CCCc1ccc(Cl)cc1)c1nc(N(C)CCc2ccc(O)cc2)nc(N2CCN(CO)CC2)n1. The third-order valence-corrected chi connectivity index (χ3v) is 6.93. The van der Waals surface area contributed by atoms with Gasteiger partial charge in [-0.2, -0.15) is 15.0 Å². The van der Waals surface area contributed by atoms with Gasteiger partial charge in [-0.1, -0.05) is 35.9 Å². The summed E-state index contributed by atoms with van der Waals surface area (Å²) in [6, 6.07) is 15.3. The number of hydrogen-bond donors (Lipinski definition) is 2. The van der Waals surface area contributed by atoms with Gasteiger partial charge in [0.1, 0.15) is 5.75 Å². The highest BCUT2D eigenvalue weighted by Gasteiger charge is 2.22. The monoisotopic (exact) mass is 525 g/mol. The number of anilines is 3. The van der Waals surface area contributed by atoms with E-state index in [0.717, 1.165) is 69.1 Å². The van der Waals surface area contributed by atoms with Gasteiger partial charge in [-0.3, -0.25) is 4.90 Å². The van der Waals surface area contributed by atoms with Gasteiger partial charge in [0, 0.05) is 58.4 Å². The first-order valence-corrected chi connectivity index (χ1v) is 13.1. The van der Waals surface area contributed by atoms with Crippen molar-refractivity contribution in [2.45, 2.75) is 19.3 Å². The molecule has 0 radical (unpaired) electrons. The number of aliphatic hydroxyl groups excluding tert-OH is 1. The molecule has 1 aliphatic heterocycles. The lowest BCUT2D eigenvalue weighted by atomic mass is 10.1. The number of phenolic OH excluding ortho intramolecular Hbond substituents is 1. The average molecular weight is 526 g/mol. The summed E-state index contributed by atoms with van der Waals surface area (Å²) >= 11 is 6.01. The number of piperazine rings is 1. The molecule has 198 valence electrons. The summed E-state index contributed by atoms with van der Waals surface area (Å²) in [7, 11) is 4.01. The van der Waals surface area contributed by atoms with E-state index in [1.54, 1.807) is 12.1 Å². The molecular weight excluding hydrogens is 490 g/mol. The van der Waals surface area contributed by atoms with Gasteiger partial charge < -0.3 is 24.9 Å². The lowest BCUT2D eigenvalue weighted by Gasteiger charge is -2.34. The van der Waals surface area contributed by atoms with Gasteiger partial charge in [0.05, 0.1) is 6.73 Å². The molecular formula is C27H36ClN7O2. The summed E-state index contributed by atoms with van der Waals surface area (Å²) in [6.07, 6.45) is 2.71. The highest BCUT2D eigenvalue weighted by molar-refractivity contribution is 6.30. The van der Waals surface area contributed by atoms with E-state index >= 15 is 0 Å². The Hall–Kier alpha value is -3.14. The Balaban J connectivity index is 1.47. The molecule has 2 aromatic carbocycles. The fourth-order valence-corrected chi connectivity index (χ4v) is 4.37. The van der Waals surface area contributed by atoms with Crippen molar-refractivity contribution in [2.75, 3.05) is 74.8 Å². The number of halogens is 1. The molecule has 0 aliphatic carbocycles. The molecule has 0 unspecified atom stereocenters. The first-order chi connectivity index (χ1) is 17.9. The standard InChI is InChI=1S/C27H36ClN7O2/c1-32(14-3-4-21-5-9-23(28)10-6-21)25-29-26(33(2)15-13-22-7-11-24(37)12-8-22)31-27(30-25)35-18-16-34(20-36)17-19-35/h5-12,36-37H,3-4,13-20H2,1-2H3.